The molecule has 4 heteroatoms. The summed E-state index contributed by atoms with van der Waals surface area (Å²) in [6, 6.07) is 9.25. The number of hydrogen-bond donors (Lipinski definition) is 1. The predicted molar refractivity (Wildman–Crippen MR) is 74.6 cm³/mol. The molecule has 0 aliphatic rings. The highest BCUT2D eigenvalue weighted by atomic mass is 16.5. The van der Waals surface area contributed by atoms with Crippen LogP contribution in [-0.2, 0) is 0 Å². The molecule has 1 atom stereocenters. The van der Waals surface area contributed by atoms with Crippen LogP contribution in [-0.4, -0.2) is 19.2 Å². The fraction of sp³-hybridized carbons (Fsp3) is 0.267. The molecule has 2 rings (SSSR count). The van der Waals surface area contributed by atoms with Gasteiger partial charge in [-0.1, -0.05) is 12.1 Å². The van der Waals surface area contributed by atoms with Gasteiger partial charge in [-0.3, -0.25) is 4.98 Å². The molecule has 19 heavy (non-hydrogen) atoms. The Balaban J connectivity index is 2.41. The Morgan fingerprint density at radius 2 is 1.84 bits per heavy atom. The number of aromatic nitrogens is 1. The summed E-state index contributed by atoms with van der Waals surface area (Å²) >= 11 is 0. The average Bonchev–Trinajstić information content (AvgIpc) is 2.47. The van der Waals surface area contributed by atoms with Gasteiger partial charge < -0.3 is 15.2 Å². The summed E-state index contributed by atoms with van der Waals surface area (Å²) in [5.74, 6) is 1.51. The zero-order valence-corrected chi connectivity index (χ0v) is 11.4. The molecule has 0 saturated carbocycles. The average molecular weight is 258 g/mol. The second kappa shape index (κ2) is 5.71. The van der Waals surface area contributed by atoms with Crippen LogP contribution in [0.5, 0.6) is 11.5 Å². The largest absolute Gasteiger partial charge is 0.496 e. The summed E-state index contributed by atoms with van der Waals surface area (Å²) in [6.07, 6.45) is 1.71. The van der Waals surface area contributed by atoms with Crippen LogP contribution in [0.15, 0.2) is 36.5 Å². The molecule has 2 aromatic rings. The van der Waals surface area contributed by atoms with E-state index in [1.54, 1.807) is 20.4 Å². The Morgan fingerprint density at radius 3 is 2.53 bits per heavy atom. The third-order valence-electron chi connectivity index (χ3n) is 3.11. The minimum Gasteiger partial charge on any atom is -0.496 e. The van der Waals surface area contributed by atoms with Gasteiger partial charge in [0.2, 0.25) is 0 Å². The van der Waals surface area contributed by atoms with Gasteiger partial charge >= 0.3 is 0 Å². The monoisotopic (exact) mass is 258 g/mol. The van der Waals surface area contributed by atoms with Crippen molar-refractivity contribution < 1.29 is 9.47 Å². The van der Waals surface area contributed by atoms with E-state index in [1.165, 1.54) is 0 Å². The number of ether oxygens (including phenoxy) is 2. The van der Waals surface area contributed by atoms with Gasteiger partial charge in [0.15, 0.2) is 0 Å². The van der Waals surface area contributed by atoms with E-state index in [9.17, 15) is 0 Å². The molecule has 1 aromatic carbocycles. The normalized spacial score (nSPS) is 12.0. The van der Waals surface area contributed by atoms with Crippen LogP contribution in [0.1, 0.15) is 22.9 Å². The maximum absolute atomic E-state index is 6.27. The van der Waals surface area contributed by atoms with Crippen LogP contribution >= 0.6 is 0 Å². The van der Waals surface area contributed by atoms with Gasteiger partial charge in [0.05, 0.1) is 20.3 Å². The third kappa shape index (κ3) is 2.69. The molecule has 0 amide bonds. The Morgan fingerprint density at radius 1 is 1.11 bits per heavy atom. The second-order valence-electron chi connectivity index (χ2n) is 4.30. The van der Waals surface area contributed by atoms with Gasteiger partial charge in [0.1, 0.15) is 17.2 Å². The molecule has 0 radical (unpaired) electrons. The number of benzene rings is 1. The van der Waals surface area contributed by atoms with Crippen molar-refractivity contribution >= 4 is 0 Å². The summed E-state index contributed by atoms with van der Waals surface area (Å²) in [5, 5.41) is 0. The van der Waals surface area contributed by atoms with E-state index < -0.39 is 0 Å². The number of nitrogens with two attached hydrogens (primary N) is 1. The summed E-state index contributed by atoms with van der Waals surface area (Å²) in [6.45, 7) is 2.00. The molecule has 2 N–H and O–H groups in total. The van der Waals surface area contributed by atoms with E-state index in [4.69, 9.17) is 15.2 Å². The molecule has 0 saturated heterocycles. The zero-order chi connectivity index (χ0) is 13.8. The number of nitrogens with zero attached hydrogens (tertiary/aromatic N) is 1. The Bertz CT molecular complexity index is 570. The van der Waals surface area contributed by atoms with Crippen LogP contribution in [0.25, 0.3) is 0 Å². The van der Waals surface area contributed by atoms with Crippen molar-refractivity contribution in [3.8, 4) is 11.5 Å². The first-order chi connectivity index (χ1) is 9.17. The fourth-order valence-corrected chi connectivity index (χ4v) is 2.00. The van der Waals surface area contributed by atoms with Gasteiger partial charge in [-0.05, 0) is 36.2 Å². The standard InChI is InChI=1S/C15H18N2O2/c1-10-6-7-11(9-13(10)19-3)14(16)15-12(18-2)5-4-8-17-15/h4-9,14H,16H2,1-3H3. The van der Waals surface area contributed by atoms with Crippen LogP contribution < -0.4 is 15.2 Å². The van der Waals surface area contributed by atoms with Crippen molar-refractivity contribution in [2.45, 2.75) is 13.0 Å². The number of methoxy groups -OCH3 is 2. The first-order valence-corrected chi connectivity index (χ1v) is 6.06. The summed E-state index contributed by atoms with van der Waals surface area (Å²) in [4.78, 5) is 4.31. The molecular formula is C15H18N2O2. The van der Waals surface area contributed by atoms with E-state index in [-0.39, 0.29) is 6.04 Å². The minimum absolute atomic E-state index is 0.342. The molecule has 4 nitrogen and oxygen atoms in total. The van der Waals surface area contributed by atoms with E-state index >= 15 is 0 Å². The molecule has 0 bridgehead atoms. The molecule has 0 spiro atoms. The van der Waals surface area contributed by atoms with E-state index in [0.717, 1.165) is 22.6 Å². The maximum atomic E-state index is 6.27. The van der Waals surface area contributed by atoms with Crippen molar-refractivity contribution in [2.24, 2.45) is 5.73 Å². The van der Waals surface area contributed by atoms with Crippen LogP contribution in [0.3, 0.4) is 0 Å². The van der Waals surface area contributed by atoms with Crippen molar-refractivity contribution in [3.63, 3.8) is 0 Å². The van der Waals surface area contributed by atoms with Gasteiger partial charge in [-0.15, -0.1) is 0 Å². The van der Waals surface area contributed by atoms with Crippen LogP contribution in [0, 0.1) is 6.92 Å². The lowest BCUT2D eigenvalue weighted by molar-refractivity contribution is 0.403. The first kappa shape index (κ1) is 13.4. The number of rotatable bonds is 4. The molecular weight excluding hydrogens is 240 g/mol. The number of aryl methyl sites for hydroxylation is 1. The highest BCUT2D eigenvalue weighted by Crippen LogP contribution is 2.29. The number of pyridine rings is 1. The van der Waals surface area contributed by atoms with Crippen molar-refractivity contribution in [2.75, 3.05) is 14.2 Å². The highest BCUT2D eigenvalue weighted by molar-refractivity contribution is 5.42. The van der Waals surface area contributed by atoms with Crippen molar-refractivity contribution in [1.29, 1.82) is 0 Å². The predicted octanol–water partition coefficient (Wildman–Crippen LogP) is 2.46. The fourth-order valence-electron chi connectivity index (χ4n) is 2.00. The molecule has 1 unspecified atom stereocenters. The molecule has 0 aliphatic carbocycles. The molecule has 0 fully saturated rings. The smallest absolute Gasteiger partial charge is 0.142 e. The lowest BCUT2D eigenvalue weighted by Gasteiger charge is -2.16. The second-order valence-corrected chi connectivity index (χ2v) is 4.30. The van der Waals surface area contributed by atoms with Gasteiger partial charge in [-0.25, -0.2) is 0 Å². The molecule has 1 heterocycles. The highest BCUT2D eigenvalue weighted by Gasteiger charge is 2.16. The van der Waals surface area contributed by atoms with Gasteiger partial charge in [0, 0.05) is 6.20 Å². The summed E-state index contributed by atoms with van der Waals surface area (Å²) in [5.41, 5.74) is 9.01. The third-order valence-corrected chi connectivity index (χ3v) is 3.11. The molecule has 1 aromatic heterocycles. The van der Waals surface area contributed by atoms with Crippen LogP contribution in [0.2, 0.25) is 0 Å². The van der Waals surface area contributed by atoms with Crippen molar-refractivity contribution in [1.82, 2.24) is 4.98 Å². The zero-order valence-electron chi connectivity index (χ0n) is 11.4. The SMILES string of the molecule is COc1cc(C(N)c2ncccc2OC)ccc1C. The lowest BCUT2D eigenvalue weighted by atomic mass is 10.0. The van der Waals surface area contributed by atoms with Gasteiger partial charge in [-0.2, -0.15) is 0 Å². The van der Waals surface area contributed by atoms with Gasteiger partial charge in [0.25, 0.3) is 0 Å². The van der Waals surface area contributed by atoms with E-state index in [2.05, 4.69) is 4.98 Å². The van der Waals surface area contributed by atoms with E-state index in [0.29, 0.717) is 5.75 Å². The lowest BCUT2D eigenvalue weighted by Crippen LogP contribution is -2.15. The Kier molecular flexibility index (Phi) is 4.02. The van der Waals surface area contributed by atoms with E-state index in [1.807, 2.05) is 37.3 Å². The first-order valence-electron chi connectivity index (χ1n) is 6.06. The van der Waals surface area contributed by atoms with Crippen molar-refractivity contribution in [3.05, 3.63) is 53.3 Å². The quantitative estimate of drug-likeness (QED) is 0.915. The number of hydrogen-bond acceptors (Lipinski definition) is 4. The summed E-state index contributed by atoms with van der Waals surface area (Å²) < 4.78 is 10.6. The molecule has 0 aliphatic heterocycles. The topological polar surface area (TPSA) is 57.4 Å². The summed E-state index contributed by atoms with van der Waals surface area (Å²) in [7, 11) is 3.27. The Hall–Kier alpha value is -2.07. The van der Waals surface area contributed by atoms with Crippen LogP contribution in [0.4, 0.5) is 0 Å². The molecule has 100 valence electrons. The maximum Gasteiger partial charge on any atom is 0.142 e. The minimum atomic E-state index is -0.342. The Labute approximate surface area is 113 Å².